The van der Waals surface area contributed by atoms with Crippen molar-refractivity contribution in [3.05, 3.63) is 23.9 Å². The fourth-order valence-corrected chi connectivity index (χ4v) is 2.15. The van der Waals surface area contributed by atoms with Crippen molar-refractivity contribution in [2.24, 2.45) is 7.05 Å². The van der Waals surface area contributed by atoms with Crippen LogP contribution in [0.3, 0.4) is 0 Å². The summed E-state index contributed by atoms with van der Waals surface area (Å²) in [4.78, 5) is 0. The molecule has 0 fully saturated rings. The molecule has 1 heterocycles. The van der Waals surface area contributed by atoms with E-state index in [1.807, 2.05) is 26.2 Å². The molecule has 0 aliphatic carbocycles. The van der Waals surface area contributed by atoms with Gasteiger partial charge < -0.3 is 19.4 Å². The Morgan fingerprint density at radius 3 is 2.59 bits per heavy atom. The standard InChI is InChI=1S/C13H18N2O2/c1-14-7-9-8-15(2)11-5-10(16-3)6-12(17-4)13(9)11/h5-6,8,14H,7H2,1-4H3. The first-order valence-electron chi connectivity index (χ1n) is 5.55. The Morgan fingerprint density at radius 1 is 1.24 bits per heavy atom. The lowest BCUT2D eigenvalue weighted by molar-refractivity contribution is 0.397. The molecule has 0 radical (unpaired) electrons. The number of benzene rings is 1. The fraction of sp³-hybridized carbons (Fsp3) is 0.385. The summed E-state index contributed by atoms with van der Waals surface area (Å²) in [6.45, 7) is 0.819. The molecule has 0 aliphatic heterocycles. The van der Waals surface area contributed by atoms with Crippen LogP contribution < -0.4 is 14.8 Å². The molecule has 0 bridgehead atoms. The predicted octanol–water partition coefficient (Wildman–Crippen LogP) is 1.91. The van der Waals surface area contributed by atoms with Gasteiger partial charge in [-0.25, -0.2) is 0 Å². The van der Waals surface area contributed by atoms with Crippen molar-refractivity contribution >= 4 is 10.9 Å². The van der Waals surface area contributed by atoms with E-state index >= 15 is 0 Å². The normalized spacial score (nSPS) is 10.8. The third kappa shape index (κ3) is 1.96. The molecule has 0 atom stereocenters. The van der Waals surface area contributed by atoms with Gasteiger partial charge in [0.25, 0.3) is 0 Å². The second-order valence-electron chi connectivity index (χ2n) is 4.02. The number of fused-ring (bicyclic) bond motifs is 1. The number of hydrogen-bond acceptors (Lipinski definition) is 3. The zero-order valence-electron chi connectivity index (χ0n) is 10.7. The summed E-state index contributed by atoms with van der Waals surface area (Å²) in [5, 5.41) is 4.31. The quantitative estimate of drug-likeness (QED) is 0.877. The van der Waals surface area contributed by atoms with E-state index in [2.05, 4.69) is 16.1 Å². The van der Waals surface area contributed by atoms with Crippen LogP contribution >= 0.6 is 0 Å². The van der Waals surface area contributed by atoms with Crippen molar-refractivity contribution in [3.63, 3.8) is 0 Å². The maximum Gasteiger partial charge on any atom is 0.132 e. The molecule has 1 aromatic carbocycles. The van der Waals surface area contributed by atoms with E-state index in [1.54, 1.807) is 14.2 Å². The van der Waals surface area contributed by atoms with Gasteiger partial charge in [-0.2, -0.15) is 0 Å². The van der Waals surface area contributed by atoms with Crippen LogP contribution in [-0.2, 0) is 13.6 Å². The van der Waals surface area contributed by atoms with Crippen LogP contribution in [0.2, 0.25) is 0 Å². The number of nitrogens with one attached hydrogen (secondary N) is 1. The Hall–Kier alpha value is -1.68. The lowest BCUT2D eigenvalue weighted by atomic mass is 10.1. The Labute approximate surface area is 101 Å². The zero-order valence-corrected chi connectivity index (χ0v) is 10.7. The van der Waals surface area contributed by atoms with E-state index < -0.39 is 0 Å². The van der Waals surface area contributed by atoms with Crippen molar-refractivity contribution < 1.29 is 9.47 Å². The smallest absolute Gasteiger partial charge is 0.132 e. The van der Waals surface area contributed by atoms with Crippen LogP contribution in [-0.4, -0.2) is 25.8 Å². The molecular weight excluding hydrogens is 216 g/mol. The van der Waals surface area contributed by atoms with Crippen molar-refractivity contribution in [1.82, 2.24) is 9.88 Å². The van der Waals surface area contributed by atoms with E-state index in [0.717, 1.165) is 28.9 Å². The molecule has 2 aromatic rings. The van der Waals surface area contributed by atoms with E-state index in [4.69, 9.17) is 9.47 Å². The number of hydrogen-bond donors (Lipinski definition) is 1. The molecule has 1 aromatic heterocycles. The van der Waals surface area contributed by atoms with Crippen molar-refractivity contribution in [2.75, 3.05) is 21.3 Å². The molecule has 0 saturated carbocycles. The van der Waals surface area contributed by atoms with Gasteiger partial charge in [-0.05, 0) is 12.6 Å². The summed E-state index contributed by atoms with van der Waals surface area (Å²) >= 11 is 0. The molecule has 0 spiro atoms. The van der Waals surface area contributed by atoms with Gasteiger partial charge in [0, 0.05) is 37.3 Å². The largest absolute Gasteiger partial charge is 0.497 e. The molecule has 0 unspecified atom stereocenters. The van der Waals surface area contributed by atoms with Crippen LogP contribution in [0.15, 0.2) is 18.3 Å². The van der Waals surface area contributed by atoms with Crippen LogP contribution in [0, 0.1) is 0 Å². The molecular formula is C13H18N2O2. The number of rotatable bonds is 4. The third-order valence-corrected chi connectivity index (χ3v) is 2.93. The van der Waals surface area contributed by atoms with Crippen molar-refractivity contribution in [2.45, 2.75) is 6.54 Å². The molecule has 0 saturated heterocycles. The monoisotopic (exact) mass is 234 g/mol. The number of nitrogens with zero attached hydrogens (tertiary/aromatic N) is 1. The highest BCUT2D eigenvalue weighted by Gasteiger charge is 2.13. The Kier molecular flexibility index (Phi) is 3.24. The first kappa shape index (κ1) is 11.8. The lowest BCUT2D eigenvalue weighted by Gasteiger charge is -2.08. The van der Waals surface area contributed by atoms with E-state index in [9.17, 15) is 0 Å². The van der Waals surface area contributed by atoms with Gasteiger partial charge in [-0.1, -0.05) is 0 Å². The summed E-state index contributed by atoms with van der Waals surface area (Å²) in [5.74, 6) is 1.66. The Balaban J connectivity index is 2.72. The molecule has 17 heavy (non-hydrogen) atoms. The lowest BCUT2D eigenvalue weighted by Crippen LogP contribution is -2.04. The molecule has 0 aliphatic rings. The minimum absolute atomic E-state index is 0.812. The maximum atomic E-state index is 5.45. The molecule has 92 valence electrons. The summed E-state index contributed by atoms with van der Waals surface area (Å²) < 4.78 is 12.8. The highest BCUT2D eigenvalue weighted by Crippen LogP contribution is 2.34. The minimum Gasteiger partial charge on any atom is -0.497 e. The van der Waals surface area contributed by atoms with Gasteiger partial charge in [0.1, 0.15) is 11.5 Å². The van der Waals surface area contributed by atoms with E-state index in [-0.39, 0.29) is 0 Å². The first-order valence-corrected chi connectivity index (χ1v) is 5.55. The van der Waals surface area contributed by atoms with Crippen molar-refractivity contribution in [3.8, 4) is 11.5 Å². The molecule has 0 amide bonds. The fourth-order valence-electron chi connectivity index (χ4n) is 2.15. The minimum atomic E-state index is 0.812. The van der Waals surface area contributed by atoms with Gasteiger partial charge in [0.05, 0.1) is 19.7 Å². The molecule has 2 rings (SSSR count). The zero-order chi connectivity index (χ0) is 12.4. The van der Waals surface area contributed by atoms with Gasteiger partial charge in [-0.15, -0.1) is 0 Å². The van der Waals surface area contributed by atoms with Crippen LogP contribution in [0.1, 0.15) is 5.56 Å². The van der Waals surface area contributed by atoms with Gasteiger partial charge in [0.2, 0.25) is 0 Å². The molecule has 1 N–H and O–H groups in total. The predicted molar refractivity (Wildman–Crippen MR) is 68.8 cm³/mol. The van der Waals surface area contributed by atoms with Crippen LogP contribution in [0.5, 0.6) is 11.5 Å². The number of ether oxygens (including phenoxy) is 2. The number of methoxy groups -OCH3 is 2. The second kappa shape index (κ2) is 4.67. The molecule has 4 nitrogen and oxygen atoms in total. The van der Waals surface area contributed by atoms with E-state index in [0.29, 0.717) is 0 Å². The average molecular weight is 234 g/mol. The SMILES string of the molecule is CNCc1cn(C)c2cc(OC)cc(OC)c12. The van der Waals surface area contributed by atoms with E-state index in [1.165, 1.54) is 5.56 Å². The van der Waals surface area contributed by atoms with Crippen LogP contribution in [0.25, 0.3) is 10.9 Å². The number of aryl methyl sites for hydroxylation is 1. The Morgan fingerprint density at radius 2 is 2.00 bits per heavy atom. The van der Waals surface area contributed by atoms with Gasteiger partial charge >= 0.3 is 0 Å². The summed E-state index contributed by atoms with van der Waals surface area (Å²) in [7, 11) is 7.32. The highest BCUT2D eigenvalue weighted by atomic mass is 16.5. The van der Waals surface area contributed by atoms with Gasteiger partial charge in [0.15, 0.2) is 0 Å². The summed E-state index contributed by atoms with van der Waals surface area (Å²) in [6, 6.07) is 3.94. The third-order valence-electron chi connectivity index (χ3n) is 2.93. The number of aromatic nitrogens is 1. The topological polar surface area (TPSA) is 35.4 Å². The maximum absolute atomic E-state index is 5.45. The molecule has 4 heteroatoms. The van der Waals surface area contributed by atoms with Gasteiger partial charge in [-0.3, -0.25) is 0 Å². The highest BCUT2D eigenvalue weighted by molar-refractivity contribution is 5.91. The van der Waals surface area contributed by atoms with Crippen LogP contribution in [0.4, 0.5) is 0 Å². The summed E-state index contributed by atoms with van der Waals surface area (Å²) in [6.07, 6.45) is 2.11. The second-order valence-corrected chi connectivity index (χ2v) is 4.02. The average Bonchev–Trinajstić information content (AvgIpc) is 2.66. The van der Waals surface area contributed by atoms with Crippen molar-refractivity contribution in [1.29, 1.82) is 0 Å². The first-order chi connectivity index (χ1) is 8.21. The Bertz CT molecular complexity index is 532. The summed E-state index contributed by atoms with van der Waals surface area (Å²) in [5.41, 5.74) is 2.34.